The molecule has 1 fully saturated rings. The van der Waals surface area contributed by atoms with Gasteiger partial charge in [0.2, 0.25) is 0 Å². The maximum Gasteiger partial charge on any atom is 0.573 e. The number of halogens is 3. The topological polar surface area (TPSA) is 83.9 Å². The number of nitrogens with one attached hydrogen (secondary N) is 1. The van der Waals surface area contributed by atoms with Gasteiger partial charge < -0.3 is 19.9 Å². The fraction of sp³-hybridized carbons (Fsp3) is 0.586. The molecule has 2 aliphatic heterocycles. The molecule has 0 spiro atoms. The molecule has 0 radical (unpaired) electrons. The van der Waals surface area contributed by atoms with Crippen molar-refractivity contribution in [2.24, 2.45) is 0 Å². The molecule has 10 heteroatoms. The van der Waals surface area contributed by atoms with Crippen LogP contribution in [0.3, 0.4) is 0 Å². The summed E-state index contributed by atoms with van der Waals surface area (Å²) in [6.45, 7) is 6.08. The zero-order valence-corrected chi connectivity index (χ0v) is 22.6. The van der Waals surface area contributed by atoms with Gasteiger partial charge >= 0.3 is 12.3 Å². The molecule has 1 aromatic heterocycles. The highest BCUT2D eigenvalue weighted by molar-refractivity contribution is 5.77. The third-order valence-electron chi connectivity index (χ3n) is 7.38. The van der Waals surface area contributed by atoms with Gasteiger partial charge in [0.1, 0.15) is 17.6 Å². The lowest BCUT2D eigenvalue weighted by Crippen LogP contribution is -2.34. The third-order valence-corrected chi connectivity index (χ3v) is 7.38. The second-order valence-corrected chi connectivity index (χ2v) is 10.7. The number of aliphatic carboxylic acids is 1. The smallest absolute Gasteiger partial charge is 0.480 e. The number of hydrogen-bond acceptors (Lipinski definition) is 6. The SMILES string of the molecule is CC(C)c1ccc(OC(F)(F)F)c([C@@H](C(=O)O)N2CC[C@@H](OCCCCCc3ccc4c(n3)NCCC4)C2)c1. The van der Waals surface area contributed by atoms with Gasteiger partial charge in [0.25, 0.3) is 0 Å². The number of unbranched alkanes of at least 4 members (excludes halogenated alkanes) is 2. The third kappa shape index (κ3) is 8.08. The minimum absolute atomic E-state index is 0.0117. The van der Waals surface area contributed by atoms with Crippen molar-refractivity contribution in [3.05, 3.63) is 52.7 Å². The molecular formula is C29H38F3N3O4. The molecule has 2 aromatic rings. The first-order valence-corrected chi connectivity index (χ1v) is 13.8. The molecule has 0 unspecified atom stereocenters. The number of aromatic nitrogens is 1. The number of carboxylic acids is 1. The lowest BCUT2D eigenvalue weighted by Gasteiger charge is -2.27. The van der Waals surface area contributed by atoms with E-state index in [0.29, 0.717) is 26.1 Å². The average molecular weight is 550 g/mol. The number of carboxylic acid groups (broad SMARTS) is 1. The van der Waals surface area contributed by atoms with Gasteiger partial charge in [0, 0.05) is 37.5 Å². The van der Waals surface area contributed by atoms with E-state index >= 15 is 0 Å². The minimum Gasteiger partial charge on any atom is -0.480 e. The van der Waals surface area contributed by atoms with Crippen LogP contribution in [0, 0.1) is 0 Å². The highest BCUT2D eigenvalue weighted by Gasteiger charge is 2.39. The van der Waals surface area contributed by atoms with Crippen molar-refractivity contribution in [1.82, 2.24) is 9.88 Å². The first-order chi connectivity index (χ1) is 18.6. The number of aryl methyl sites for hydroxylation is 2. The summed E-state index contributed by atoms with van der Waals surface area (Å²) in [6.07, 6.45) is 1.53. The van der Waals surface area contributed by atoms with E-state index in [-0.39, 0.29) is 17.6 Å². The Labute approximate surface area is 227 Å². The van der Waals surface area contributed by atoms with Crippen molar-refractivity contribution >= 4 is 11.8 Å². The zero-order valence-electron chi connectivity index (χ0n) is 22.6. The maximum atomic E-state index is 13.1. The van der Waals surface area contributed by atoms with E-state index in [1.807, 2.05) is 13.8 Å². The van der Waals surface area contributed by atoms with Gasteiger partial charge in [0.15, 0.2) is 0 Å². The summed E-state index contributed by atoms with van der Waals surface area (Å²) in [5, 5.41) is 13.4. The van der Waals surface area contributed by atoms with Crippen molar-refractivity contribution in [3.63, 3.8) is 0 Å². The van der Waals surface area contributed by atoms with E-state index in [1.165, 1.54) is 17.7 Å². The zero-order chi connectivity index (χ0) is 28.0. The van der Waals surface area contributed by atoms with Crippen LogP contribution < -0.4 is 10.1 Å². The summed E-state index contributed by atoms with van der Waals surface area (Å²) in [6, 6.07) is 7.30. The van der Waals surface area contributed by atoms with Crippen molar-refractivity contribution in [3.8, 4) is 5.75 Å². The molecule has 0 bridgehead atoms. The average Bonchev–Trinajstić information content (AvgIpc) is 3.34. The molecule has 0 saturated carbocycles. The van der Waals surface area contributed by atoms with Gasteiger partial charge in [-0.2, -0.15) is 0 Å². The number of benzene rings is 1. The van der Waals surface area contributed by atoms with E-state index in [4.69, 9.17) is 9.72 Å². The Bertz CT molecular complexity index is 1130. The van der Waals surface area contributed by atoms with Crippen LogP contribution in [0.4, 0.5) is 19.0 Å². The van der Waals surface area contributed by atoms with Gasteiger partial charge in [-0.3, -0.25) is 9.69 Å². The Morgan fingerprint density at radius 1 is 1.21 bits per heavy atom. The molecule has 39 heavy (non-hydrogen) atoms. The maximum absolute atomic E-state index is 13.1. The number of nitrogens with zero attached hydrogens (tertiary/aromatic N) is 2. The Kier molecular flexibility index (Phi) is 9.71. The largest absolute Gasteiger partial charge is 0.573 e. The first-order valence-electron chi connectivity index (χ1n) is 13.8. The quantitative estimate of drug-likeness (QED) is 0.310. The van der Waals surface area contributed by atoms with Crippen LogP contribution in [0.1, 0.15) is 80.3 Å². The number of pyridine rings is 1. The molecule has 1 saturated heterocycles. The highest BCUT2D eigenvalue weighted by Crippen LogP contribution is 2.37. The predicted octanol–water partition coefficient (Wildman–Crippen LogP) is 6.09. The van der Waals surface area contributed by atoms with E-state index in [2.05, 4.69) is 22.2 Å². The predicted molar refractivity (Wildman–Crippen MR) is 142 cm³/mol. The normalized spacial score (nSPS) is 18.6. The van der Waals surface area contributed by atoms with Crippen LogP contribution in [-0.4, -0.2) is 59.7 Å². The van der Waals surface area contributed by atoms with Crippen molar-refractivity contribution < 1.29 is 32.5 Å². The number of ether oxygens (including phenoxy) is 2. The van der Waals surface area contributed by atoms with Crippen LogP contribution in [-0.2, 0) is 22.4 Å². The van der Waals surface area contributed by atoms with E-state index < -0.39 is 24.1 Å². The van der Waals surface area contributed by atoms with E-state index in [0.717, 1.165) is 62.1 Å². The molecule has 1 aromatic carbocycles. The Morgan fingerprint density at radius 3 is 2.77 bits per heavy atom. The van der Waals surface area contributed by atoms with Crippen LogP contribution in [0.15, 0.2) is 30.3 Å². The summed E-state index contributed by atoms with van der Waals surface area (Å²) < 4.78 is 49.4. The van der Waals surface area contributed by atoms with Crippen LogP contribution >= 0.6 is 0 Å². The fourth-order valence-electron chi connectivity index (χ4n) is 5.31. The summed E-state index contributed by atoms with van der Waals surface area (Å²) in [5.41, 5.74) is 3.13. The van der Waals surface area contributed by atoms with E-state index in [9.17, 15) is 23.1 Å². The molecule has 4 rings (SSSR count). The molecule has 2 atom stereocenters. The van der Waals surface area contributed by atoms with Gasteiger partial charge in [-0.15, -0.1) is 13.2 Å². The lowest BCUT2D eigenvalue weighted by atomic mass is 9.96. The van der Waals surface area contributed by atoms with Gasteiger partial charge in [-0.05, 0) is 73.8 Å². The van der Waals surface area contributed by atoms with Crippen LogP contribution in [0.25, 0.3) is 0 Å². The highest BCUT2D eigenvalue weighted by atomic mass is 19.4. The number of likely N-dealkylation sites (tertiary alicyclic amines) is 1. The number of anilines is 1. The first kappa shape index (κ1) is 29.1. The number of rotatable bonds is 12. The number of hydrogen-bond donors (Lipinski definition) is 2. The van der Waals surface area contributed by atoms with Crippen LogP contribution in [0.2, 0.25) is 0 Å². The van der Waals surface area contributed by atoms with Gasteiger partial charge in [-0.1, -0.05) is 32.4 Å². The molecule has 7 nitrogen and oxygen atoms in total. The van der Waals surface area contributed by atoms with E-state index in [1.54, 1.807) is 11.0 Å². The molecule has 2 N–H and O–H groups in total. The Hall–Kier alpha value is -2.85. The standard InChI is InChI=1S/C29H38F3N3O4/c1-19(2)21-10-12-25(39-29(30,31)32)24(17-21)26(28(36)37)35-15-13-23(18-35)38-16-5-3-4-8-22-11-9-20-7-6-14-33-27(20)34-22/h9-12,17,19,23,26H,3-8,13-16,18H2,1-2H3,(H,33,34)(H,36,37)/t23-,26+/m1/s1. The van der Waals surface area contributed by atoms with Gasteiger partial charge in [0.05, 0.1) is 6.10 Å². The lowest BCUT2D eigenvalue weighted by molar-refractivity contribution is -0.275. The molecule has 2 aliphatic rings. The summed E-state index contributed by atoms with van der Waals surface area (Å²) in [4.78, 5) is 18.7. The van der Waals surface area contributed by atoms with Gasteiger partial charge in [-0.25, -0.2) is 4.98 Å². The summed E-state index contributed by atoms with van der Waals surface area (Å²) in [5.74, 6) is -0.657. The monoisotopic (exact) mass is 549 g/mol. The molecule has 214 valence electrons. The van der Waals surface area contributed by atoms with Crippen molar-refractivity contribution in [1.29, 1.82) is 0 Å². The number of fused-ring (bicyclic) bond motifs is 1. The van der Waals surface area contributed by atoms with Crippen molar-refractivity contribution in [2.45, 2.75) is 83.2 Å². The second kappa shape index (κ2) is 13.0. The minimum atomic E-state index is -4.92. The Balaban J connectivity index is 1.28. The molecule has 0 aliphatic carbocycles. The van der Waals surface area contributed by atoms with Crippen molar-refractivity contribution in [2.75, 3.05) is 31.6 Å². The fourth-order valence-corrected chi connectivity index (χ4v) is 5.31. The molecular weight excluding hydrogens is 511 g/mol. The second-order valence-electron chi connectivity index (χ2n) is 10.7. The molecule has 3 heterocycles. The Morgan fingerprint density at radius 2 is 2.03 bits per heavy atom. The summed E-state index contributed by atoms with van der Waals surface area (Å²) in [7, 11) is 0. The number of alkyl halides is 3. The molecule has 0 amide bonds. The van der Waals surface area contributed by atoms with Crippen LogP contribution in [0.5, 0.6) is 5.75 Å². The number of carbonyl (C=O) groups is 1. The summed E-state index contributed by atoms with van der Waals surface area (Å²) >= 11 is 0.